The van der Waals surface area contributed by atoms with Crippen molar-refractivity contribution in [1.29, 1.82) is 0 Å². The first-order valence-electron chi connectivity index (χ1n) is 5.92. The van der Waals surface area contributed by atoms with Crippen LogP contribution in [0.15, 0.2) is 12.1 Å². The Morgan fingerprint density at radius 3 is 2.53 bits per heavy atom. The van der Waals surface area contributed by atoms with Gasteiger partial charge in [-0.3, -0.25) is 0 Å². The van der Waals surface area contributed by atoms with Crippen LogP contribution in [0.1, 0.15) is 25.3 Å². The van der Waals surface area contributed by atoms with Crippen LogP contribution in [0.5, 0.6) is 0 Å². The van der Waals surface area contributed by atoms with E-state index < -0.39 is 0 Å². The Bertz CT molecular complexity index is 402. The third kappa shape index (κ3) is 3.51. The highest BCUT2D eigenvalue weighted by Gasteiger charge is 2.27. The molecule has 1 aliphatic carbocycles. The molecule has 0 radical (unpaired) electrons. The summed E-state index contributed by atoms with van der Waals surface area (Å²) in [6.45, 7) is 3.96. The van der Waals surface area contributed by atoms with Crippen molar-refractivity contribution in [2.75, 3.05) is 6.54 Å². The molecule has 94 valence electrons. The third-order valence-corrected chi connectivity index (χ3v) is 4.53. The molecule has 4 heteroatoms. The summed E-state index contributed by atoms with van der Waals surface area (Å²) in [6.07, 6.45) is 2.75. The molecule has 0 heterocycles. The van der Waals surface area contributed by atoms with Crippen molar-refractivity contribution in [3.8, 4) is 0 Å². The van der Waals surface area contributed by atoms with E-state index in [1.54, 1.807) is 12.1 Å². The number of rotatable bonds is 5. The van der Waals surface area contributed by atoms with Crippen LogP contribution in [-0.2, 0) is 6.54 Å². The molecule has 1 atom stereocenters. The molecule has 1 nitrogen and oxygen atoms in total. The fourth-order valence-electron chi connectivity index (χ4n) is 1.99. The van der Waals surface area contributed by atoms with Crippen LogP contribution in [0, 0.1) is 11.8 Å². The van der Waals surface area contributed by atoms with Gasteiger partial charge in [0.05, 0.1) is 10.0 Å². The van der Waals surface area contributed by atoms with E-state index in [-0.39, 0.29) is 0 Å². The Morgan fingerprint density at radius 1 is 1.24 bits per heavy atom. The van der Waals surface area contributed by atoms with Gasteiger partial charge in [-0.05, 0) is 43.4 Å². The van der Waals surface area contributed by atoms with E-state index >= 15 is 0 Å². The summed E-state index contributed by atoms with van der Waals surface area (Å²) in [5.74, 6) is 1.64. The average molecular weight is 293 g/mol. The second-order valence-electron chi connectivity index (χ2n) is 4.77. The van der Waals surface area contributed by atoms with Crippen LogP contribution in [0.4, 0.5) is 0 Å². The van der Waals surface area contributed by atoms with Crippen molar-refractivity contribution in [1.82, 2.24) is 5.32 Å². The van der Waals surface area contributed by atoms with Gasteiger partial charge in [-0.25, -0.2) is 0 Å². The number of benzene rings is 1. The van der Waals surface area contributed by atoms with Crippen LogP contribution in [0.25, 0.3) is 0 Å². The lowest BCUT2D eigenvalue weighted by Crippen LogP contribution is -2.22. The quantitative estimate of drug-likeness (QED) is 0.770. The minimum atomic E-state index is 0.558. The lowest BCUT2D eigenvalue weighted by Gasteiger charge is -2.13. The van der Waals surface area contributed by atoms with Gasteiger partial charge < -0.3 is 5.32 Å². The number of hydrogen-bond donors (Lipinski definition) is 1. The third-order valence-electron chi connectivity index (χ3n) is 3.33. The molecule has 17 heavy (non-hydrogen) atoms. The average Bonchev–Trinajstić information content (AvgIpc) is 3.12. The van der Waals surface area contributed by atoms with Crippen molar-refractivity contribution >= 4 is 34.8 Å². The van der Waals surface area contributed by atoms with Gasteiger partial charge in [0.2, 0.25) is 0 Å². The molecule has 0 aromatic heterocycles. The van der Waals surface area contributed by atoms with Crippen LogP contribution in [0.3, 0.4) is 0 Å². The number of hydrogen-bond acceptors (Lipinski definition) is 1. The summed E-state index contributed by atoms with van der Waals surface area (Å²) < 4.78 is 0. The molecular formula is C13H16Cl3N. The highest BCUT2D eigenvalue weighted by atomic mass is 35.5. The first-order chi connectivity index (χ1) is 8.09. The monoisotopic (exact) mass is 291 g/mol. The zero-order chi connectivity index (χ0) is 12.4. The minimum absolute atomic E-state index is 0.558. The molecule has 1 aromatic carbocycles. The predicted octanol–water partition coefficient (Wildman–Crippen LogP) is 4.78. The van der Waals surface area contributed by atoms with Crippen LogP contribution >= 0.6 is 34.8 Å². The maximum absolute atomic E-state index is 6.13. The number of nitrogens with one attached hydrogen (secondary N) is 1. The van der Waals surface area contributed by atoms with Crippen molar-refractivity contribution < 1.29 is 0 Å². The lowest BCUT2D eigenvalue weighted by molar-refractivity contribution is 0.462. The molecule has 1 saturated carbocycles. The number of halogens is 3. The van der Waals surface area contributed by atoms with Gasteiger partial charge in [-0.15, -0.1) is 0 Å². The standard InChI is InChI=1S/C13H16Cl3N/c1-8(9-2-3-9)6-17-7-10-11(14)4-5-12(15)13(10)16/h4-5,8-9,17H,2-3,6-7H2,1H3. The molecule has 0 bridgehead atoms. The van der Waals surface area contributed by atoms with Gasteiger partial charge in [-0.1, -0.05) is 41.7 Å². The first-order valence-corrected chi connectivity index (χ1v) is 7.06. The Hall–Kier alpha value is 0.0500. The fourth-order valence-corrected chi connectivity index (χ4v) is 2.67. The first kappa shape index (κ1) is 13.5. The van der Waals surface area contributed by atoms with Crippen LogP contribution in [0.2, 0.25) is 15.1 Å². The maximum atomic E-state index is 6.13. The van der Waals surface area contributed by atoms with Crippen molar-refractivity contribution in [3.63, 3.8) is 0 Å². The summed E-state index contributed by atoms with van der Waals surface area (Å²) >= 11 is 18.2. The summed E-state index contributed by atoms with van der Waals surface area (Å²) in [5.41, 5.74) is 0.892. The molecule has 0 amide bonds. The zero-order valence-electron chi connectivity index (χ0n) is 9.77. The van der Waals surface area contributed by atoms with E-state index in [1.165, 1.54) is 12.8 Å². The molecule has 0 aliphatic heterocycles. The van der Waals surface area contributed by atoms with E-state index in [9.17, 15) is 0 Å². The van der Waals surface area contributed by atoms with Gasteiger partial charge in [0.25, 0.3) is 0 Å². The van der Waals surface area contributed by atoms with Crippen molar-refractivity contribution in [2.45, 2.75) is 26.3 Å². The fraction of sp³-hybridized carbons (Fsp3) is 0.538. The maximum Gasteiger partial charge on any atom is 0.0652 e. The van der Waals surface area contributed by atoms with Gasteiger partial charge in [0, 0.05) is 17.1 Å². The molecule has 1 N–H and O–H groups in total. The predicted molar refractivity (Wildman–Crippen MR) is 75.1 cm³/mol. The highest BCUT2D eigenvalue weighted by Crippen LogP contribution is 2.36. The topological polar surface area (TPSA) is 12.0 Å². The van der Waals surface area contributed by atoms with E-state index in [0.717, 1.165) is 23.9 Å². The smallest absolute Gasteiger partial charge is 0.0652 e. The molecule has 1 aromatic rings. The van der Waals surface area contributed by atoms with Gasteiger partial charge in [0.15, 0.2) is 0 Å². The molecule has 0 spiro atoms. The summed E-state index contributed by atoms with van der Waals surface area (Å²) in [5, 5.41) is 5.20. The Kier molecular flexibility index (Phi) is 4.59. The largest absolute Gasteiger partial charge is 0.312 e. The van der Waals surface area contributed by atoms with Crippen molar-refractivity contribution in [2.24, 2.45) is 11.8 Å². The lowest BCUT2D eigenvalue weighted by atomic mass is 10.1. The molecule has 1 unspecified atom stereocenters. The van der Waals surface area contributed by atoms with Gasteiger partial charge >= 0.3 is 0 Å². The molecule has 1 aliphatic rings. The van der Waals surface area contributed by atoms with E-state index in [4.69, 9.17) is 34.8 Å². The van der Waals surface area contributed by atoms with Crippen LogP contribution in [-0.4, -0.2) is 6.54 Å². The van der Waals surface area contributed by atoms with E-state index in [2.05, 4.69) is 12.2 Å². The zero-order valence-corrected chi connectivity index (χ0v) is 12.0. The minimum Gasteiger partial charge on any atom is -0.312 e. The van der Waals surface area contributed by atoms with Gasteiger partial charge in [-0.2, -0.15) is 0 Å². The molecular weight excluding hydrogens is 277 g/mol. The normalized spacial score (nSPS) is 17.2. The Morgan fingerprint density at radius 2 is 1.88 bits per heavy atom. The van der Waals surface area contributed by atoms with E-state index in [0.29, 0.717) is 21.6 Å². The summed E-state index contributed by atoms with van der Waals surface area (Å²) in [6, 6.07) is 3.51. The second kappa shape index (κ2) is 5.79. The van der Waals surface area contributed by atoms with Crippen molar-refractivity contribution in [3.05, 3.63) is 32.8 Å². The Balaban J connectivity index is 1.91. The highest BCUT2D eigenvalue weighted by molar-refractivity contribution is 6.44. The molecule has 2 rings (SSSR count). The summed E-state index contributed by atoms with van der Waals surface area (Å²) in [7, 11) is 0. The molecule has 1 fully saturated rings. The Labute approximate surface area is 117 Å². The molecule has 0 saturated heterocycles. The van der Waals surface area contributed by atoms with Crippen LogP contribution < -0.4 is 5.32 Å². The van der Waals surface area contributed by atoms with E-state index in [1.807, 2.05) is 0 Å². The SMILES string of the molecule is CC(CNCc1c(Cl)ccc(Cl)c1Cl)C1CC1. The summed E-state index contributed by atoms with van der Waals surface area (Å²) in [4.78, 5) is 0. The van der Waals surface area contributed by atoms with Gasteiger partial charge in [0.1, 0.15) is 0 Å². The second-order valence-corrected chi connectivity index (χ2v) is 5.96.